The minimum atomic E-state index is -0.337. The van der Waals surface area contributed by atoms with E-state index in [9.17, 15) is 4.79 Å². The zero-order chi connectivity index (χ0) is 12.5. The SMILES string of the molecule is Cc1ccnc(NC(=O)c2n[nH]c(C3CC3)n2)c1. The zero-order valence-electron chi connectivity index (χ0n) is 9.97. The van der Waals surface area contributed by atoms with E-state index in [0.717, 1.165) is 24.2 Å². The Morgan fingerprint density at radius 2 is 2.33 bits per heavy atom. The second-order valence-electron chi connectivity index (χ2n) is 4.49. The lowest BCUT2D eigenvalue weighted by Crippen LogP contribution is -2.14. The first-order valence-electron chi connectivity index (χ1n) is 5.88. The van der Waals surface area contributed by atoms with E-state index >= 15 is 0 Å². The van der Waals surface area contributed by atoms with Crippen molar-refractivity contribution in [3.8, 4) is 0 Å². The monoisotopic (exact) mass is 243 g/mol. The summed E-state index contributed by atoms with van der Waals surface area (Å²) in [6, 6.07) is 3.67. The molecule has 3 rings (SSSR count). The first kappa shape index (κ1) is 10.9. The number of hydrogen-bond donors (Lipinski definition) is 2. The highest BCUT2D eigenvalue weighted by molar-refractivity contribution is 6.00. The molecule has 1 amide bonds. The highest BCUT2D eigenvalue weighted by Gasteiger charge is 2.28. The van der Waals surface area contributed by atoms with Crippen LogP contribution in [0.25, 0.3) is 0 Å². The molecule has 1 saturated carbocycles. The van der Waals surface area contributed by atoms with Crippen LogP contribution in [0, 0.1) is 6.92 Å². The molecule has 2 aromatic rings. The fourth-order valence-electron chi connectivity index (χ4n) is 1.69. The van der Waals surface area contributed by atoms with Gasteiger partial charge in [0.1, 0.15) is 11.6 Å². The number of rotatable bonds is 3. The Bertz CT molecular complexity index is 588. The Hall–Kier alpha value is -2.24. The average molecular weight is 243 g/mol. The molecule has 1 fully saturated rings. The van der Waals surface area contributed by atoms with E-state index in [0.29, 0.717) is 11.7 Å². The predicted molar refractivity (Wildman–Crippen MR) is 65.3 cm³/mol. The molecule has 1 aliphatic rings. The van der Waals surface area contributed by atoms with E-state index in [2.05, 4.69) is 25.5 Å². The van der Waals surface area contributed by atoms with Crippen LogP contribution in [0.4, 0.5) is 5.82 Å². The first-order valence-corrected chi connectivity index (χ1v) is 5.88. The Morgan fingerprint density at radius 1 is 1.50 bits per heavy atom. The van der Waals surface area contributed by atoms with Crippen LogP contribution in [0.2, 0.25) is 0 Å². The van der Waals surface area contributed by atoms with Crippen molar-refractivity contribution in [2.45, 2.75) is 25.7 Å². The van der Waals surface area contributed by atoms with Gasteiger partial charge in [-0.1, -0.05) is 0 Å². The third kappa shape index (κ3) is 2.22. The van der Waals surface area contributed by atoms with Crippen molar-refractivity contribution in [2.75, 3.05) is 5.32 Å². The number of H-pyrrole nitrogens is 1. The molecule has 0 spiro atoms. The van der Waals surface area contributed by atoms with Crippen LogP contribution in [0.15, 0.2) is 18.3 Å². The van der Waals surface area contributed by atoms with Gasteiger partial charge in [0.25, 0.3) is 5.91 Å². The highest BCUT2D eigenvalue weighted by Crippen LogP contribution is 2.37. The summed E-state index contributed by atoms with van der Waals surface area (Å²) in [5, 5.41) is 9.40. The number of nitrogens with zero attached hydrogens (tertiary/aromatic N) is 3. The summed E-state index contributed by atoms with van der Waals surface area (Å²) < 4.78 is 0. The van der Waals surface area contributed by atoms with Gasteiger partial charge in [-0.2, -0.15) is 0 Å². The van der Waals surface area contributed by atoms with Crippen molar-refractivity contribution < 1.29 is 4.79 Å². The smallest absolute Gasteiger partial charge is 0.296 e. The number of carbonyl (C=O) groups is 1. The zero-order valence-corrected chi connectivity index (χ0v) is 9.97. The maximum atomic E-state index is 11.9. The standard InChI is InChI=1S/C12H13N5O/c1-7-4-5-13-9(6-7)14-12(18)11-15-10(16-17-11)8-2-3-8/h4-6,8H,2-3H2,1H3,(H,13,14,18)(H,15,16,17). The Morgan fingerprint density at radius 3 is 3.06 bits per heavy atom. The number of amides is 1. The number of aromatic amines is 1. The van der Waals surface area contributed by atoms with Gasteiger partial charge in [-0.3, -0.25) is 9.89 Å². The molecular formula is C12H13N5O. The van der Waals surface area contributed by atoms with Crippen LogP contribution < -0.4 is 5.32 Å². The predicted octanol–water partition coefficient (Wildman–Crippen LogP) is 1.64. The lowest BCUT2D eigenvalue weighted by atomic mass is 10.3. The molecule has 18 heavy (non-hydrogen) atoms. The summed E-state index contributed by atoms with van der Waals surface area (Å²) in [4.78, 5) is 20.1. The Labute approximate surface area is 104 Å². The van der Waals surface area contributed by atoms with Gasteiger partial charge < -0.3 is 5.32 Å². The van der Waals surface area contributed by atoms with Crippen LogP contribution in [0.1, 0.15) is 40.8 Å². The van der Waals surface area contributed by atoms with Crippen LogP contribution >= 0.6 is 0 Å². The molecule has 0 aliphatic heterocycles. The molecule has 0 atom stereocenters. The summed E-state index contributed by atoms with van der Waals surface area (Å²) >= 11 is 0. The second-order valence-corrected chi connectivity index (χ2v) is 4.49. The number of carbonyl (C=O) groups excluding carboxylic acids is 1. The van der Waals surface area contributed by atoms with Crippen molar-refractivity contribution >= 4 is 11.7 Å². The van der Waals surface area contributed by atoms with Crippen LogP contribution in [-0.2, 0) is 0 Å². The van der Waals surface area contributed by atoms with Gasteiger partial charge >= 0.3 is 0 Å². The summed E-state index contributed by atoms with van der Waals surface area (Å²) in [6.07, 6.45) is 3.89. The van der Waals surface area contributed by atoms with E-state index in [1.165, 1.54) is 0 Å². The first-order chi connectivity index (χ1) is 8.72. The third-order valence-corrected chi connectivity index (χ3v) is 2.83. The van der Waals surface area contributed by atoms with Gasteiger partial charge in [-0.25, -0.2) is 9.97 Å². The molecule has 0 aromatic carbocycles. The lowest BCUT2D eigenvalue weighted by molar-refractivity contribution is 0.101. The molecular weight excluding hydrogens is 230 g/mol. The molecule has 2 aromatic heterocycles. The molecule has 92 valence electrons. The van der Waals surface area contributed by atoms with Crippen molar-refractivity contribution in [1.29, 1.82) is 0 Å². The Kier molecular flexibility index (Phi) is 2.55. The number of anilines is 1. The largest absolute Gasteiger partial charge is 0.304 e. The minimum Gasteiger partial charge on any atom is -0.304 e. The number of pyridine rings is 1. The van der Waals surface area contributed by atoms with Crippen molar-refractivity contribution in [3.05, 3.63) is 35.5 Å². The van der Waals surface area contributed by atoms with E-state index in [1.807, 2.05) is 13.0 Å². The normalized spacial score (nSPS) is 14.5. The quantitative estimate of drug-likeness (QED) is 0.858. The average Bonchev–Trinajstić information content (AvgIpc) is 3.07. The van der Waals surface area contributed by atoms with Crippen molar-refractivity contribution in [2.24, 2.45) is 0 Å². The molecule has 0 saturated heterocycles. The molecule has 6 heteroatoms. The summed E-state index contributed by atoms with van der Waals surface area (Å²) in [7, 11) is 0. The molecule has 1 aliphatic carbocycles. The molecule has 2 N–H and O–H groups in total. The van der Waals surface area contributed by atoms with Gasteiger partial charge in [-0.05, 0) is 37.5 Å². The van der Waals surface area contributed by atoms with E-state index in [1.54, 1.807) is 12.3 Å². The van der Waals surface area contributed by atoms with Gasteiger partial charge in [0, 0.05) is 12.1 Å². The molecule has 6 nitrogen and oxygen atoms in total. The summed E-state index contributed by atoms with van der Waals surface area (Å²) in [5.74, 6) is 1.60. The number of nitrogens with one attached hydrogen (secondary N) is 2. The summed E-state index contributed by atoms with van der Waals surface area (Å²) in [5.41, 5.74) is 1.04. The van der Waals surface area contributed by atoms with E-state index < -0.39 is 0 Å². The van der Waals surface area contributed by atoms with Gasteiger partial charge in [0.05, 0.1) is 0 Å². The number of aryl methyl sites for hydroxylation is 1. The molecule has 2 heterocycles. The molecule has 0 bridgehead atoms. The maximum absolute atomic E-state index is 11.9. The Balaban J connectivity index is 1.73. The summed E-state index contributed by atoms with van der Waals surface area (Å²) in [6.45, 7) is 1.94. The lowest BCUT2D eigenvalue weighted by Gasteiger charge is -2.01. The van der Waals surface area contributed by atoms with E-state index in [-0.39, 0.29) is 11.7 Å². The maximum Gasteiger partial charge on any atom is 0.296 e. The highest BCUT2D eigenvalue weighted by atomic mass is 16.2. The topological polar surface area (TPSA) is 83.6 Å². The molecule has 0 radical (unpaired) electrons. The minimum absolute atomic E-state index is 0.167. The van der Waals surface area contributed by atoms with E-state index in [4.69, 9.17) is 0 Å². The fourth-order valence-corrected chi connectivity index (χ4v) is 1.69. The van der Waals surface area contributed by atoms with Gasteiger partial charge in [0.15, 0.2) is 0 Å². The van der Waals surface area contributed by atoms with Crippen molar-refractivity contribution in [3.63, 3.8) is 0 Å². The second kappa shape index (κ2) is 4.21. The number of hydrogen-bond acceptors (Lipinski definition) is 4. The van der Waals surface area contributed by atoms with Crippen LogP contribution in [-0.4, -0.2) is 26.1 Å². The van der Waals surface area contributed by atoms with Gasteiger partial charge in [-0.15, -0.1) is 5.10 Å². The van der Waals surface area contributed by atoms with Crippen molar-refractivity contribution in [1.82, 2.24) is 20.2 Å². The molecule has 0 unspecified atom stereocenters. The fraction of sp³-hybridized carbons (Fsp3) is 0.333. The van der Waals surface area contributed by atoms with Crippen LogP contribution in [0.3, 0.4) is 0 Å². The van der Waals surface area contributed by atoms with Gasteiger partial charge in [0.2, 0.25) is 5.82 Å². The third-order valence-electron chi connectivity index (χ3n) is 2.83. The van der Waals surface area contributed by atoms with Crippen LogP contribution in [0.5, 0.6) is 0 Å². The number of aromatic nitrogens is 4.